The third-order valence-electron chi connectivity index (χ3n) is 4.38. The van der Waals surface area contributed by atoms with E-state index < -0.39 is 9.84 Å². The second-order valence-corrected chi connectivity index (χ2v) is 9.52. The summed E-state index contributed by atoms with van der Waals surface area (Å²) in [6, 6.07) is 2.99. The summed E-state index contributed by atoms with van der Waals surface area (Å²) in [6.45, 7) is 8.02. The summed E-state index contributed by atoms with van der Waals surface area (Å²) in [6.07, 6.45) is 0.471. The fourth-order valence-electron chi connectivity index (χ4n) is 3.27. The van der Waals surface area contributed by atoms with Gasteiger partial charge in [-0.15, -0.1) is 0 Å². The van der Waals surface area contributed by atoms with E-state index in [1.165, 1.54) is 6.07 Å². The number of amides is 1. The molecular formula is C18H27FN2O3S. The summed E-state index contributed by atoms with van der Waals surface area (Å²) in [5.41, 5.74) is 1.89. The van der Waals surface area contributed by atoms with E-state index in [-0.39, 0.29) is 41.7 Å². The third-order valence-corrected chi connectivity index (χ3v) is 6.13. The van der Waals surface area contributed by atoms with Gasteiger partial charge in [0.15, 0.2) is 9.84 Å². The first-order valence-corrected chi connectivity index (χ1v) is 10.4. The number of sulfone groups is 1. The number of benzene rings is 1. The van der Waals surface area contributed by atoms with Crippen LogP contribution in [0.25, 0.3) is 0 Å². The molecule has 2 rings (SSSR count). The smallest absolute Gasteiger partial charge is 0.242 e. The summed E-state index contributed by atoms with van der Waals surface area (Å²) in [5.74, 6) is -0.216. The van der Waals surface area contributed by atoms with E-state index >= 15 is 0 Å². The summed E-state index contributed by atoms with van der Waals surface area (Å²) in [7, 11) is -3.07. The molecule has 1 aromatic carbocycles. The molecule has 1 fully saturated rings. The molecule has 1 atom stereocenters. The van der Waals surface area contributed by atoms with Crippen molar-refractivity contribution >= 4 is 21.4 Å². The number of nitrogens with zero attached hydrogens (tertiary/aromatic N) is 1. The highest BCUT2D eigenvalue weighted by atomic mass is 32.2. The summed E-state index contributed by atoms with van der Waals surface area (Å²) >= 11 is 0. The maximum Gasteiger partial charge on any atom is 0.242 e. The zero-order chi connectivity index (χ0) is 18.8. The fourth-order valence-corrected chi connectivity index (χ4v) is 5.00. The first-order valence-electron chi connectivity index (χ1n) is 8.59. The zero-order valence-electron chi connectivity index (χ0n) is 15.3. The van der Waals surface area contributed by atoms with E-state index in [0.29, 0.717) is 18.7 Å². The third kappa shape index (κ3) is 5.17. The fraction of sp³-hybridized carbons (Fsp3) is 0.611. The van der Waals surface area contributed by atoms with Crippen LogP contribution in [-0.2, 0) is 14.6 Å². The van der Waals surface area contributed by atoms with Crippen LogP contribution in [0.4, 0.5) is 10.1 Å². The molecule has 0 spiro atoms. The van der Waals surface area contributed by atoms with Crippen LogP contribution in [0.3, 0.4) is 0 Å². The van der Waals surface area contributed by atoms with Gasteiger partial charge in [0, 0.05) is 12.6 Å². The van der Waals surface area contributed by atoms with E-state index in [2.05, 4.69) is 5.32 Å². The summed E-state index contributed by atoms with van der Waals surface area (Å²) < 4.78 is 37.6. The molecule has 1 amide bonds. The Morgan fingerprint density at radius 1 is 1.36 bits per heavy atom. The molecule has 1 unspecified atom stereocenters. The molecule has 25 heavy (non-hydrogen) atoms. The van der Waals surface area contributed by atoms with E-state index in [0.717, 1.165) is 11.1 Å². The molecular weight excluding hydrogens is 343 g/mol. The highest BCUT2D eigenvalue weighted by Crippen LogP contribution is 2.22. The number of carbonyl (C=O) groups is 1. The molecule has 0 saturated carbocycles. The number of halogens is 1. The van der Waals surface area contributed by atoms with Gasteiger partial charge in [-0.2, -0.15) is 0 Å². The molecule has 0 aliphatic carbocycles. The molecule has 7 heteroatoms. The lowest BCUT2D eigenvalue weighted by Crippen LogP contribution is -2.45. The Morgan fingerprint density at radius 2 is 2.04 bits per heavy atom. The van der Waals surface area contributed by atoms with Gasteiger partial charge in [-0.05, 0) is 43.4 Å². The lowest BCUT2D eigenvalue weighted by molar-refractivity contribution is -0.131. The second kappa shape index (κ2) is 7.72. The van der Waals surface area contributed by atoms with Gasteiger partial charge < -0.3 is 10.2 Å². The maximum atomic E-state index is 14.1. The van der Waals surface area contributed by atoms with Gasteiger partial charge in [-0.25, -0.2) is 12.8 Å². The lowest BCUT2D eigenvalue weighted by Gasteiger charge is -2.30. The molecule has 1 aliphatic rings. The Bertz CT molecular complexity index is 724. The Balaban J connectivity index is 2.10. The Labute approximate surface area is 149 Å². The van der Waals surface area contributed by atoms with Crippen LogP contribution in [0.2, 0.25) is 0 Å². The number of hydrogen-bond acceptors (Lipinski definition) is 4. The minimum absolute atomic E-state index is 0.0172. The SMILES string of the molecule is Cc1cc(C)c(NCC(=O)N(CC(C)C)C2CCS(=O)(=O)C2)c(F)c1. The molecule has 1 heterocycles. The average molecular weight is 370 g/mol. The lowest BCUT2D eigenvalue weighted by atomic mass is 10.1. The monoisotopic (exact) mass is 370 g/mol. The Kier molecular flexibility index (Phi) is 6.08. The number of rotatable bonds is 6. The summed E-state index contributed by atoms with van der Waals surface area (Å²) in [4.78, 5) is 14.3. The van der Waals surface area contributed by atoms with Crippen LogP contribution in [0.5, 0.6) is 0 Å². The number of anilines is 1. The van der Waals surface area contributed by atoms with Crippen molar-refractivity contribution in [2.24, 2.45) is 5.92 Å². The van der Waals surface area contributed by atoms with E-state index in [9.17, 15) is 17.6 Å². The van der Waals surface area contributed by atoms with Crippen molar-refractivity contribution in [3.05, 3.63) is 29.1 Å². The Morgan fingerprint density at radius 3 is 2.56 bits per heavy atom. The van der Waals surface area contributed by atoms with Crippen molar-refractivity contribution in [2.45, 2.75) is 40.2 Å². The quantitative estimate of drug-likeness (QED) is 0.836. The van der Waals surface area contributed by atoms with Crippen LogP contribution in [0.15, 0.2) is 12.1 Å². The van der Waals surface area contributed by atoms with Crippen molar-refractivity contribution < 1.29 is 17.6 Å². The topological polar surface area (TPSA) is 66.5 Å². The highest BCUT2D eigenvalue weighted by Gasteiger charge is 2.34. The van der Waals surface area contributed by atoms with E-state index in [4.69, 9.17) is 0 Å². The van der Waals surface area contributed by atoms with Gasteiger partial charge in [0.1, 0.15) is 5.82 Å². The second-order valence-electron chi connectivity index (χ2n) is 7.29. The molecule has 5 nitrogen and oxygen atoms in total. The molecule has 0 bridgehead atoms. The first kappa shape index (κ1) is 19.7. The molecule has 1 aromatic rings. The van der Waals surface area contributed by atoms with Crippen LogP contribution < -0.4 is 5.32 Å². The van der Waals surface area contributed by atoms with Gasteiger partial charge in [0.25, 0.3) is 0 Å². The standard InChI is InChI=1S/C18H27FN2O3S/c1-12(2)10-21(15-5-6-25(23,24)11-15)17(22)9-20-18-14(4)7-13(3)8-16(18)19/h7-8,12,15,20H,5-6,9-11H2,1-4H3. The van der Waals surface area contributed by atoms with Gasteiger partial charge in [0.2, 0.25) is 5.91 Å². The largest absolute Gasteiger partial charge is 0.374 e. The van der Waals surface area contributed by atoms with Crippen molar-refractivity contribution in [3.8, 4) is 0 Å². The van der Waals surface area contributed by atoms with Gasteiger partial charge in [0.05, 0.1) is 23.7 Å². The van der Waals surface area contributed by atoms with Crippen molar-refractivity contribution in [2.75, 3.05) is 29.9 Å². The molecule has 1 N–H and O–H groups in total. The van der Waals surface area contributed by atoms with E-state index in [1.807, 2.05) is 26.8 Å². The molecule has 140 valence electrons. The van der Waals surface area contributed by atoms with Gasteiger partial charge in [-0.3, -0.25) is 4.79 Å². The molecule has 0 radical (unpaired) electrons. The number of hydrogen-bond donors (Lipinski definition) is 1. The molecule has 0 aromatic heterocycles. The number of carbonyl (C=O) groups excluding carboxylic acids is 1. The normalized spacial score (nSPS) is 19.2. The van der Waals surface area contributed by atoms with E-state index in [1.54, 1.807) is 11.8 Å². The molecule has 1 saturated heterocycles. The maximum absolute atomic E-state index is 14.1. The van der Waals surface area contributed by atoms with Crippen LogP contribution >= 0.6 is 0 Å². The van der Waals surface area contributed by atoms with Crippen LogP contribution in [0.1, 0.15) is 31.4 Å². The predicted molar refractivity (Wildman–Crippen MR) is 98.0 cm³/mol. The predicted octanol–water partition coefficient (Wildman–Crippen LogP) is 2.53. The van der Waals surface area contributed by atoms with Gasteiger partial charge >= 0.3 is 0 Å². The first-order chi connectivity index (χ1) is 11.6. The molecule has 1 aliphatic heterocycles. The average Bonchev–Trinajstić information content (AvgIpc) is 2.83. The minimum atomic E-state index is -3.07. The minimum Gasteiger partial charge on any atom is -0.374 e. The highest BCUT2D eigenvalue weighted by molar-refractivity contribution is 7.91. The summed E-state index contributed by atoms with van der Waals surface area (Å²) in [5, 5.41) is 2.89. The zero-order valence-corrected chi connectivity index (χ0v) is 16.1. The van der Waals surface area contributed by atoms with Crippen LogP contribution in [-0.4, -0.2) is 49.9 Å². The Hall–Kier alpha value is -1.63. The van der Waals surface area contributed by atoms with Crippen molar-refractivity contribution in [3.63, 3.8) is 0 Å². The van der Waals surface area contributed by atoms with Crippen molar-refractivity contribution in [1.29, 1.82) is 0 Å². The number of nitrogens with one attached hydrogen (secondary N) is 1. The van der Waals surface area contributed by atoms with Crippen molar-refractivity contribution in [1.82, 2.24) is 4.90 Å². The van der Waals surface area contributed by atoms with Gasteiger partial charge in [-0.1, -0.05) is 19.9 Å². The number of aryl methyl sites for hydroxylation is 2. The van der Waals surface area contributed by atoms with Crippen LogP contribution in [0, 0.1) is 25.6 Å².